The minimum absolute atomic E-state index is 1.06. The summed E-state index contributed by atoms with van der Waals surface area (Å²) in [6.45, 7) is 5.94. The van der Waals surface area contributed by atoms with Crippen molar-refractivity contribution in [1.29, 1.82) is 0 Å². The minimum Gasteiger partial charge on any atom is -0.388 e. The van der Waals surface area contributed by atoms with Gasteiger partial charge < -0.3 is 5.32 Å². The van der Waals surface area contributed by atoms with Gasteiger partial charge in [0.25, 0.3) is 0 Å². The molecule has 0 saturated heterocycles. The normalized spacial score (nSPS) is 9.50. The zero-order chi connectivity index (χ0) is 8.97. The number of anilines is 1. The number of nitrogens with one attached hydrogen (secondary N) is 1. The van der Waals surface area contributed by atoms with Crippen LogP contribution in [0.1, 0.15) is 18.1 Å². The van der Waals surface area contributed by atoms with Gasteiger partial charge >= 0.3 is 0 Å². The van der Waals surface area contributed by atoms with Crippen LogP contribution in [0.25, 0.3) is 6.08 Å². The molecule has 0 aliphatic heterocycles. The van der Waals surface area contributed by atoms with Gasteiger partial charge in [0.05, 0.1) is 0 Å². The lowest BCUT2D eigenvalue weighted by atomic mass is 10.0. The third-order valence-corrected chi connectivity index (χ3v) is 2.04. The summed E-state index contributed by atoms with van der Waals surface area (Å²) < 4.78 is 0. The maximum absolute atomic E-state index is 3.79. The molecule has 0 heterocycles. The van der Waals surface area contributed by atoms with Crippen LogP contribution in [0.5, 0.6) is 0 Å². The van der Waals surface area contributed by atoms with E-state index < -0.39 is 0 Å². The summed E-state index contributed by atoms with van der Waals surface area (Å²) in [6.07, 6.45) is 2.96. The van der Waals surface area contributed by atoms with E-state index in [1.807, 2.05) is 13.1 Å². The summed E-state index contributed by atoms with van der Waals surface area (Å²) in [6, 6.07) is 6.35. The van der Waals surface area contributed by atoms with Crippen molar-refractivity contribution in [1.82, 2.24) is 0 Å². The predicted molar refractivity (Wildman–Crippen MR) is 55.5 cm³/mol. The lowest BCUT2D eigenvalue weighted by Crippen LogP contribution is -1.91. The fourth-order valence-electron chi connectivity index (χ4n) is 1.26. The van der Waals surface area contributed by atoms with Gasteiger partial charge in [-0.1, -0.05) is 25.6 Å². The molecule has 0 aromatic heterocycles. The van der Waals surface area contributed by atoms with Gasteiger partial charge in [0.15, 0.2) is 0 Å². The zero-order valence-corrected chi connectivity index (χ0v) is 7.72. The Balaban J connectivity index is 3.10. The third kappa shape index (κ3) is 1.67. The van der Waals surface area contributed by atoms with Crippen LogP contribution in [-0.4, -0.2) is 7.05 Å². The lowest BCUT2D eigenvalue weighted by molar-refractivity contribution is 1.13. The predicted octanol–water partition coefficient (Wildman–Crippen LogP) is 2.93. The van der Waals surface area contributed by atoms with Crippen molar-refractivity contribution >= 4 is 11.8 Å². The van der Waals surface area contributed by atoms with Gasteiger partial charge in [-0.25, -0.2) is 0 Å². The van der Waals surface area contributed by atoms with Crippen molar-refractivity contribution in [3.8, 4) is 0 Å². The Kier molecular flexibility index (Phi) is 2.92. The molecule has 1 nitrogen and oxygen atoms in total. The molecule has 1 heteroatoms. The molecule has 0 bridgehead atoms. The van der Waals surface area contributed by atoms with Crippen LogP contribution in [0.3, 0.4) is 0 Å². The molecule has 0 aliphatic carbocycles. The van der Waals surface area contributed by atoms with Crippen molar-refractivity contribution in [3.05, 3.63) is 35.9 Å². The number of hydrogen-bond acceptors (Lipinski definition) is 1. The molecule has 1 aromatic rings. The lowest BCUT2D eigenvalue weighted by Gasteiger charge is -2.06. The molecule has 0 saturated carbocycles. The molecule has 0 unspecified atom stereocenters. The van der Waals surface area contributed by atoms with Crippen LogP contribution in [0, 0.1) is 0 Å². The van der Waals surface area contributed by atoms with E-state index in [-0.39, 0.29) is 0 Å². The molecule has 0 amide bonds. The van der Waals surface area contributed by atoms with Crippen LogP contribution >= 0.6 is 0 Å². The van der Waals surface area contributed by atoms with Crippen LogP contribution in [0.4, 0.5) is 5.69 Å². The van der Waals surface area contributed by atoms with E-state index in [2.05, 4.69) is 37.0 Å². The molecular formula is C11H15N. The average Bonchev–Trinajstić information content (AvgIpc) is 2.16. The average molecular weight is 161 g/mol. The van der Waals surface area contributed by atoms with E-state index >= 15 is 0 Å². The van der Waals surface area contributed by atoms with Gasteiger partial charge in [0.1, 0.15) is 0 Å². The number of hydrogen-bond donors (Lipinski definition) is 1. The van der Waals surface area contributed by atoms with Crippen molar-refractivity contribution in [3.63, 3.8) is 0 Å². The third-order valence-electron chi connectivity index (χ3n) is 2.04. The Morgan fingerprint density at radius 1 is 1.50 bits per heavy atom. The summed E-state index contributed by atoms with van der Waals surface area (Å²) in [5, 5.41) is 3.11. The van der Waals surface area contributed by atoms with E-state index in [1.165, 1.54) is 11.1 Å². The smallest absolute Gasteiger partial charge is 0.0343 e. The highest BCUT2D eigenvalue weighted by Crippen LogP contribution is 2.16. The minimum atomic E-state index is 1.06. The summed E-state index contributed by atoms with van der Waals surface area (Å²) >= 11 is 0. The molecule has 1 N–H and O–H groups in total. The Hall–Kier alpha value is -1.24. The van der Waals surface area contributed by atoms with E-state index in [0.29, 0.717) is 0 Å². The van der Waals surface area contributed by atoms with Crippen molar-refractivity contribution in [2.75, 3.05) is 12.4 Å². The van der Waals surface area contributed by atoms with E-state index in [4.69, 9.17) is 0 Å². The molecule has 64 valence electrons. The van der Waals surface area contributed by atoms with Gasteiger partial charge in [-0.15, -0.1) is 0 Å². The fraction of sp³-hybridized carbons (Fsp3) is 0.273. The van der Waals surface area contributed by atoms with Crippen LogP contribution < -0.4 is 5.32 Å². The van der Waals surface area contributed by atoms with Gasteiger partial charge in [-0.05, 0) is 29.7 Å². The SMILES string of the molecule is C=Cc1cc(NC)ccc1CC. The molecule has 0 aliphatic rings. The molecule has 0 radical (unpaired) electrons. The van der Waals surface area contributed by atoms with Crippen molar-refractivity contribution < 1.29 is 0 Å². The highest BCUT2D eigenvalue weighted by Gasteiger charge is 1.97. The number of aryl methyl sites for hydroxylation is 1. The summed E-state index contributed by atoms with van der Waals surface area (Å²) in [5.41, 5.74) is 3.72. The first-order valence-corrected chi connectivity index (χ1v) is 4.25. The monoisotopic (exact) mass is 161 g/mol. The Morgan fingerprint density at radius 3 is 2.75 bits per heavy atom. The molecule has 0 atom stereocenters. The summed E-state index contributed by atoms with van der Waals surface area (Å²) in [7, 11) is 1.92. The number of rotatable bonds is 3. The Morgan fingerprint density at radius 2 is 2.25 bits per heavy atom. The molecule has 1 rings (SSSR count). The first-order chi connectivity index (χ1) is 5.81. The van der Waals surface area contributed by atoms with E-state index in [9.17, 15) is 0 Å². The van der Waals surface area contributed by atoms with Crippen LogP contribution in [0.2, 0.25) is 0 Å². The molecule has 12 heavy (non-hydrogen) atoms. The molecular weight excluding hydrogens is 146 g/mol. The van der Waals surface area contributed by atoms with E-state index in [0.717, 1.165) is 12.1 Å². The van der Waals surface area contributed by atoms with Crippen LogP contribution in [0.15, 0.2) is 24.8 Å². The maximum Gasteiger partial charge on any atom is 0.0343 e. The Bertz CT molecular complexity index is 276. The summed E-state index contributed by atoms with van der Waals surface area (Å²) in [4.78, 5) is 0. The molecule has 1 aromatic carbocycles. The first-order valence-electron chi connectivity index (χ1n) is 4.25. The van der Waals surface area contributed by atoms with Gasteiger partial charge in [-0.3, -0.25) is 0 Å². The first kappa shape index (κ1) is 8.85. The molecule has 0 fully saturated rings. The maximum atomic E-state index is 3.79. The number of benzene rings is 1. The molecule has 0 spiro atoms. The highest BCUT2D eigenvalue weighted by molar-refractivity contribution is 5.59. The second-order valence-corrected chi connectivity index (χ2v) is 2.72. The highest BCUT2D eigenvalue weighted by atomic mass is 14.8. The standard InChI is InChI=1S/C11H15N/c1-4-9-6-7-11(12-3)8-10(9)5-2/h5-8,12H,2,4H2,1,3H3. The van der Waals surface area contributed by atoms with E-state index in [1.54, 1.807) is 0 Å². The Labute approximate surface area is 74.1 Å². The van der Waals surface area contributed by atoms with Crippen LogP contribution in [-0.2, 0) is 6.42 Å². The van der Waals surface area contributed by atoms with Gasteiger partial charge in [-0.2, -0.15) is 0 Å². The van der Waals surface area contributed by atoms with Gasteiger partial charge in [0.2, 0.25) is 0 Å². The second-order valence-electron chi connectivity index (χ2n) is 2.72. The second kappa shape index (κ2) is 3.96. The largest absolute Gasteiger partial charge is 0.388 e. The summed E-state index contributed by atoms with van der Waals surface area (Å²) in [5.74, 6) is 0. The van der Waals surface area contributed by atoms with Crippen molar-refractivity contribution in [2.24, 2.45) is 0 Å². The quantitative estimate of drug-likeness (QED) is 0.718. The zero-order valence-electron chi connectivity index (χ0n) is 7.72. The van der Waals surface area contributed by atoms with Crippen molar-refractivity contribution in [2.45, 2.75) is 13.3 Å². The van der Waals surface area contributed by atoms with Gasteiger partial charge in [0, 0.05) is 12.7 Å². The topological polar surface area (TPSA) is 12.0 Å². The fourth-order valence-corrected chi connectivity index (χ4v) is 1.26.